The van der Waals surface area contributed by atoms with Gasteiger partial charge in [0.05, 0.1) is 20.5 Å². The summed E-state index contributed by atoms with van der Waals surface area (Å²) in [5.74, 6) is -0.614. The van der Waals surface area contributed by atoms with E-state index in [1.165, 1.54) is 11.3 Å². The van der Waals surface area contributed by atoms with Crippen molar-refractivity contribution in [1.82, 2.24) is 4.90 Å². The smallest absolute Gasteiger partial charge is 0.265 e. The van der Waals surface area contributed by atoms with Crippen LogP contribution in [0.2, 0.25) is 5.02 Å². The number of benzene rings is 1. The van der Waals surface area contributed by atoms with Crippen molar-refractivity contribution in [1.29, 1.82) is 0 Å². The highest BCUT2D eigenvalue weighted by molar-refractivity contribution is 7.18. The van der Waals surface area contributed by atoms with E-state index >= 15 is 0 Å². The maximum absolute atomic E-state index is 13.5. The van der Waals surface area contributed by atoms with Gasteiger partial charge in [-0.2, -0.15) is 0 Å². The molecule has 6 nitrogen and oxygen atoms in total. The predicted molar refractivity (Wildman–Crippen MR) is 118 cm³/mol. The van der Waals surface area contributed by atoms with Gasteiger partial charge in [-0.1, -0.05) is 36.6 Å². The van der Waals surface area contributed by atoms with Crippen molar-refractivity contribution in [2.45, 2.75) is 51.1 Å². The first-order valence-electron chi connectivity index (χ1n) is 10.1. The zero-order chi connectivity index (χ0) is 21.4. The number of carbonyl (C=O) groups is 3. The summed E-state index contributed by atoms with van der Waals surface area (Å²) in [6.45, 7) is 1.84. The number of likely N-dealkylation sites (tertiary alicyclic amines) is 1. The number of anilines is 1. The molecule has 0 spiro atoms. The van der Waals surface area contributed by atoms with Gasteiger partial charge >= 0.3 is 0 Å². The Labute approximate surface area is 184 Å². The molecule has 30 heavy (non-hydrogen) atoms. The molecule has 0 bridgehead atoms. The van der Waals surface area contributed by atoms with Crippen molar-refractivity contribution >= 4 is 45.7 Å². The van der Waals surface area contributed by atoms with Crippen molar-refractivity contribution < 1.29 is 14.4 Å². The van der Waals surface area contributed by atoms with Crippen LogP contribution in [0.5, 0.6) is 0 Å². The summed E-state index contributed by atoms with van der Waals surface area (Å²) in [6.07, 6.45) is 4.76. The molecule has 2 aliphatic rings. The van der Waals surface area contributed by atoms with Crippen molar-refractivity contribution in [3.05, 3.63) is 51.4 Å². The average molecular weight is 446 g/mol. The Morgan fingerprint density at radius 1 is 1.20 bits per heavy atom. The molecule has 3 N–H and O–H groups in total. The fraction of sp³-hybridized carbons (Fsp3) is 0.409. The average Bonchev–Trinajstić information content (AvgIpc) is 3.28. The first-order chi connectivity index (χ1) is 14.4. The first-order valence-corrected chi connectivity index (χ1v) is 11.3. The van der Waals surface area contributed by atoms with Gasteiger partial charge in [0.2, 0.25) is 5.91 Å². The fourth-order valence-corrected chi connectivity index (χ4v) is 5.94. The molecule has 2 heterocycles. The lowest BCUT2D eigenvalue weighted by Crippen LogP contribution is -2.48. The minimum Gasteiger partial charge on any atom is -0.368 e. The number of primary amides is 1. The molecule has 2 aromatic rings. The van der Waals surface area contributed by atoms with Crippen LogP contribution in [0.15, 0.2) is 30.3 Å². The number of halogens is 1. The quantitative estimate of drug-likeness (QED) is 0.737. The molecule has 158 valence electrons. The van der Waals surface area contributed by atoms with Crippen LogP contribution in [0.3, 0.4) is 0 Å². The Kier molecular flexibility index (Phi) is 5.84. The monoisotopic (exact) mass is 445 g/mol. The summed E-state index contributed by atoms with van der Waals surface area (Å²) in [6, 6.07) is 8.08. The van der Waals surface area contributed by atoms with Crippen LogP contribution in [-0.2, 0) is 4.79 Å². The number of thiophene rings is 1. The van der Waals surface area contributed by atoms with Gasteiger partial charge < -0.3 is 16.0 Å². The lowest BCUT2D eigenvalue weighted by atomic mass is 9.84. The number of fused-ring (bicyclic) bond motifs is 1. The predicted octanol–water partition coefficient (Wildman–Crippen LogP) is 4.22. The molecular weight excluding hydrogens is 422 g/mol. The first kappa shape index (κ1) is 20.9. The van der Waals surface area contributed by atoms with Crippen molar-refractivity contribution in [2.75, 3.05) is 5.32 Å². The molecule has 1 aromatic heterocycles. The van der Waals surface area contributed by atoms with Gasteiger partial charge in [-0.25, -0.2) is 0 Å². The van der Waals surface area contributed by atoms with Crippen molar-refractivity contribution in [3.63, 3.8) is 0 Å². The largest absolute Gasteiger partial charge is 0.368 e. The van der Waals surface area contributed by atoms with E-state index in [1.54, 1.807) is 35.2 Å². The van der Waals surface area contributed by atoms with E-state index in [-0.39, 0.29) is 17.9 Å². The third kappa shape index (κ3) is 3.84. The molecular formula is C22H24ClN3O3S. The zero-order valence-electron chi connectivity index (χ0n) is 16.7. The Hall–Kier alpha value is -2.38. The van der Waals surface area contributed by atoms with Crippen molar-refractivity contribution in [3.8, 4) is 0 Å². The Balaban J connectivity index is 1.57. The summed E-state index contributed by atoms with van der Waals surface area (Å²) < 4.78 is 0. The summed E-state index contributed by atoms with van der Waals surface area (Å²) in [7, 11) is 0. The topological polar surface area (TPSA) is 92.5 Å². The molecule has 4 rings (SSSR count). The van der Waals surface area contributed by atoms with Gasteiger partial charge in [0.15, 0.2) is 0 Å². The van der Waals surface area contributed by atoms with Crippen LogP contribution in [0.4, 0.5) is 5.00 Å². The molecule has 1 aliphatic heterocycles. The van der Waals surface area contributed by atoms with Gasteiger partial charge in [-0.15, -0.1) is 11.3 Å². The van der Waals surface area contributed by atoms with Gasteiger partial charge in [-0.3, -0.25) is 14.4 Å². The maximum atomic E-state index is 13.5. The third-order valence-electron chi connectivity index (χ3n) is 6.12. The number of hydrogen-bond acceptors (Lipinski definition) is 4. The standard InChI is InChI=1S/C22H24ClN3O3S/c1-12-10-18(25-21(28)14-7-3-4-8-15(14)23)30-19(12)22(29)26-16-9-5-2-6-13(16)11-17(26)20(24)27/h3-4,7-8,10,13,16-17H,2,5-6,9,11H2,1H3,(H2,24,27)(H,25,28)/t13-,16-,17+/m1/s1. The molecule has 1 saturated carbocycles. The fourth-order valence-electron chi connectivity index (χ4n) is 4.70. The van der Waals surface area contributed by atoms with E-state index < -0.39 is 11.9 Å². The summed E-state index contributed by atoms with van der Waals surface area (Å²) in [5.41, 5.74) is 6.78. The molecule has 2 fully saturated rings. The van der Waals surface area contributed by atoms with Crippen LogP contribution >= 0.6 is 22.9 Å². The number of amides is 3. The van der Waals surface area contributed by atoms with Crippen LogP contribution < -0.4 is 11.1 Å². The lowest BCUT2D eigenvalue weighted by molar-refractivity contribution is -0.122. The second-order valence-corrected chi connectivity index (χ2v) is 9.49. The Bertz CT molecular complexity index is 1010. The summed E-state index contributed by atoms with van der Waals surface area (Å²) in [4.78, 5) is 40.3. The second kappa shape index (κ2) is 8.40. The highest BCUT2D eigenvalue weighted by Gasteiger charge is 2.47. The lowest BCUT2D eigenvalue weighted by Gasteiger charge is -2.33. The van der Waals surface area contributed by atoms with Crippen LogP contribution in [0.25, 0.3) is 0 Å². The van der Waals surface area contributed by atoms with Gasteiger partial charge in [-0.05, 0) is 55.9 Å². The minimum atomic E-state index is -0.562. The number of aryl methyl sites for hydroxylation is 1. The van der Waals surface area contributed by atoms with Crippen LogP contribution in [0.1, 0.15) is 57.7 Å². The minimum absolute atomic E-state index is 0.0615. The molecule has 0 unspecified atom stereocenters. The molecule has 3 amide bonds. The number of nitrogens with one attached hydrogen (secondary N) is 1. The highest BCUT2D eigenvalue weighted by Crippen LogP contribution is 2.41. The maximum Gasteiger partial charge on any atom is 0.265 e. The number of rotatable bonds is 4. The van der Waals surface area contributed by atoms with E-state index in [0.29, 0.717) is 32.8 Å². The molecule has 8 heteroatoms. The van der Waals surface area contributed by atoms with Gasteiger partial charge in [0, 0.05) is 6.04 Å². The van der Waals surface area contributed by atoms with E-state index in [0.717, 1.165) is 31.2 Å². The number of nitrogens with zero attached hydrogens (tertiary/aromatic N) is 1. The van der Waals surface area contributed by atoms with Crippen LogP contribution in [0, 0.1) is 12.8 Å². The molecule has 1 saturated heterocycles. The van der Waals surface area contributed by atoms with E-state index in [9.17, 15) is 14.4 Å². The number of nitrogens with two attached hydrogens (primary N) is 1. The number of carbonyl (C=O) groups excluding carboxylic acids is 3. The Morgan fingerprint density at radius 2 is 1.93 bits per heavy atom. The highest BCUT2D eigenvalue weighted by atomic mass is 35.5. The SMILES string of the molecule is Cc1cc(NC(=O)c2ccccc2Cl)sc1C(=O)N1[C@@H]2CCCC[C@@H]2C[C@H]1C(N)=O. The van der Waals surface area contributed by atoms with Gasteiger partial charge in [0.25, 0.3) is 11.8 Å². The van der Waals surface area contributed by atoms with E-state index in [1.807, 2.05) is 6.92 Å². The second-order valence-electron chi connectivity index (χ2n) is 8.03. The summed E-state index contributed by atoms with van der Waals surface area (Å²) in [5, 5.41) is 3.76. The molecule has 0 radical (unpaired) electrons. The third-order valence-corrected chi connectivity index (χ3v) is 7.59. The van der Waals surface area contributed by atoms with E-state index in [2.05, 4.69) is 5.32 Å². The molecule has 1 aliphatic carbocycles. The van der Waals surface area contributed by atoms with Crippen LogP contribution in [-0.4, -0.2) is 34.7 Å². The number of hydrogen-bond donors (Lipinski definition) is 2. The summed E-state index contributed by atoms with van der Waals surface area (Å²) >= 11 is 7.33. The van der Waals surface area contributed by atoms with Gasteiger partial charge in [0.1, 0.15) is 6.04 Å². The normalized spacial score (nSPS) is 23.1. The Morgan fingerprint density at radius 3 is 2.67 bits per heavy atom. The zero-order valence-corrected chi connectivity index (χ0v) is 18.3. The molecule has 3 atom stereocenters. The van der Waals surface area contributed by atoms with E-state index in [4.69, 9.17) is 17.3 Å². The molecule has 1 aromatic carbocycles. The van der Waals surface area contributed by atoms with Crippen molar-refractivity contribution in [2.24, 2.45) is 11.7 Å².